The van der Waals surface area contributed by atoms with Crippen LogP contribution in [0.1, 0.15) is 33.4 Å². The summed E-state index contributed by atoms with van der Waals surface area (Å²) in [5, 5.41) is 0. The largest absolute Gasteiger partial charge is 0.498 e. The molecule has 1 saturated heterocycles. The quantitative estimate of drug-likeness (QED) is 0.778. The Labute approximate surface area is 124 Å². The number of hydrogen-bond donors (Lipinski definition) is 0. The predicted molar refractivity (Wildman–Crippen MR) is 79.6 cm³/mol. The molecular formula is C14H19BN4O2. The van der Waals surface area contributed by atoms with Crippen LogP contribution in [0.4, 0.5) is 0 Å². The summed E-state index contributed by atoms with van der Waals surface area (Å²) >= 11 is 0. The molecule has 0 atom stereocenters. The molecule has 1 fully saturated rings. The van der Waals surface area contributed by atoms with Crippen molar-refractivity contribution in [3.05, 3.63) is 30.6 Å². The van der Waals surface area contributed by atoms with Gasteiger partial charge in [0.05, 0.1) is 16.9 Å². The lowest BCUT2D eigenvalue weighted by Crippen LogP contribution is -2.41. The first-order valence-corrected chi connectivity index (χ1v) is 6.97. The highest BCUT2D eigenvalue weighted by Crippen LogP contribution is 2.36. The summed E-state index contributed by atoms with van der Waals surface area (Å²) in [5.41, 5.74) is 1.01. The van der Waals surface area contributed by atoms with E-state index in [1.165, 1.54) is 0 Å². The van der Waals surface area contributed by atoms with Crippen molar-refractivity contribution in [3.63, 3.8) is 0 Å². The zero-order valence-electron chi connectivity index (χ0n) is 13.0. The molecule has 1 aliphatic rings. The van der Waals surface area contributed by atoms with Gasteiger partial charge in [-0.15, -0.1) is 0 Å². The summed E-state index contributed by atoms with van der Waals surface area (Å²) < 4.78 is 13.7. The van der Waals surface area contributed by atoms with Crippen LogP contribution in [0, 0.1) is 6.92 Å². The van der Waals surface area contributed by atoms with Crippen molar-refractivity contribution in [3.8, 4) is 5.95 Å². The Bertz CT molecular complexity index is 635. The summed E-state index contributed by atoms with van der Waals surface area (Å²) in [6.07, 6.45) is 7.04. The Morgan fingerprint density at radius 2 is 1.57 bits per heavy atom. The van der Waals surface area contributed by atoms with Crippen LogP contribution in [0.2, 0.25) is 0 Å². The molecule has 6 nitrogen and oxygen atoms in total. The van der Waals surface area contributed by atoms with Gasteiger partial charge in [0.2, 0.25) is 5.95 Å². The molecule has 0 spiro atoms. The lowest BCUT2D eigenvalue weighted by Gasteiger charge is -2.32. The van der Waals surface area contributed by atoms with Gasteiger partial charge in [-0.25, -0.2) is 15.0 Å². The van der Waals surface area contributed by atoms with Crippen LogP contribution < -0.4 is 5.46 Å². The summed E-state index contributed by atoms with van der Waals surface area (Å²) in [6, 6.07) is 0. The Hall–Kier alpha value is -1.73. The Morgan fingerprint density at radius 1 is 1.00 bits per heavy atom. The normalized spacial score (nSPS) is 20.0. The van der Waals surface area contributed by atoms with Crippen LogP contribution in [0.5, 0.6) is 0 Å². The van der Waals surface area contributed by atoms with Gasteiger partial charge in [-0.2, -0.15) is 0 Å². The molecule has 7 heteroatoms. The van der Waals surface area contributed by atoms with E-state index in [0.29, 0.717) is 5.95 Å². The molecule has 0 radical (unpaired) electrons. The lowest BCUT2D eigenvalue weighted by atomic mass is 9.81. The van der Waals surface area contributed by atoms with Crippen molar-refractivity contribution in [1.29, 1.82) is 0 Å². The third-order valence-corrected chi connectivity index (χ3v) is 4.13. The highest BCUT2D eigenvalue weighted by atomic mass is 16.7. The highest BCUT2D eigenvalue weighted by molar-refractivity contribution is 6.61. The summed E-state index contributed by atoms with van der Waals surface area (Å²) in [4.78, 5) is 12.9. The molecule has 0 N–H and O–H groups in total. The Balaban J connectivity index is 1.83. The van der Waals surface area contributed by atoms with Crippen LogP contribution in [-0.2, 0) is 9.31 Å². The summed E-state index contributed by atoms with van der Waals surface area (Å²) in [6.45, 7) is 10.0. The van der Waals surface area contributed by atoms with Crippen LogP contribution >= 0.6 is 0 Å². The predicted octanol–water partition coefficient (Wildman–Crippen LogP) is 1.27. The van der Waals surface area contributed by atoms with E-state index in [-0.39, 0.29) is 11.2 Å². The second-order valence-corrected chi connectivity index (χ2v) is 6.33. The third-order valence-electron chi connectivity index (χ3n) is 4.13. The topological polar surface area (TPSA) is 62.1 Å². The van der Waals surface area contributed by atoms with E-state index in [2.05, 4.69) is 15.0 Å². The SMILES string of the molecule is Cc1cn(-c2ncc(B3OC(C)(C)C(C)(C)O3)cn2)cn1. The molecule has 0 unspecified atom stereocenters. The molecule has 0 amide bonds. The minimum atomic E-state index is -0.437. The van der Waals surface area contributed by atoms with Crippen LogP contribution in [0.15, 0.2) is 24.9 Å². The number of aromatic nitrogens is 4. The molecule has 21 heavy (non-hydrogen) atoms. The van der Waals surface area contributed by atoms with Crippen LogP contribution in [-0.4, -0.2) is 37.8 Å². The average molecular weight is 286 g/mol. The van der Waals surface area contributed by atoms with E-state index >= 15 is 0 Å². The van der Waals surface area contributed by atoms with Gasteiger partial charge in [0.1, 0.15) is 6.33 Å². The van der Waals surface area contributed by atoms with E-state index in [9.17, 15) is 0 Å². The van der Waals surface area contributed by atoms with Crippen molar-refractivity contribution in [1.82, 2.24) is 19.5 Å². The molecule has 3 rings (SSSR count). The molecule has 2 aromatic rings. The number of imidazole rings is 1. The number of aryl methyl sites for hydroxylation is 1. The second kappa shape index (κ2) is 4.64. The lowest BCUT2D eigenvalue weighted by molar-refractivity contribution is 0.00578. The maximum atomic E-state index is 5.98. The molecular weight excluding hydrogens is 267 g/mol. The van der Waals surface area contributed by atoms with E-state index < -0.39 is 7.12 Å². The molecule has 0 aliphatic carbocycles. The fourth-order valence-corrected chi connectivity index (χ4v) is 2.10. The molecule has 110 valence electrons. The minimum absolute atomic E-state index is 0.363. The van der Waals surface area contributed by atoms with Crippen molar-refractivity contribution in [2.24, 2.45) is 0 Å². The summed E-state index contributed by atoms with van der Waals surface area (Å²) in [7, 11) is -0.437. The summed E-state index contributed by atoms with van der Waals surface area (Å²) in [5.74, 6) is 0.580. The van der Waals surface area contributed by atoms with Crippen molar-refractivity contribution in [2.45, 2.75) is 45.8 Å². The third kappa shape index (κ3) is 2.47. The molecule has 3 heterocycles. The first-order chi connectivity index (χ1) is 9.78. The zero-order chi connectivity index (χ0) is 15.3. The van der Waals surface area contributed by atoms with Crippen LogP contribution in [0.25, 0.3) is 5.95 Å². The number of hydrogen-bond acceptors (Lipinski definition) is 5. The van der Waals surface area contributed by atoms with Crippen molar-refractivity contribution < 1.29 is 9.31 Å². The minimum Gasteiger partial charge on any atom is -0.399 e. The van der Waals surface area contributed by atoms with Gasteiger partial charge in [-0.3, -0.25) is 4.57 Å². The van der Waals surface area contributed by atoms with Crippen molar-refractivity contribution >= 4 is 12.6 Å². The maximum absolute atomic E-state index is 5.98. The smallest absolute Gasteiger partial charge is 0.399 e. The van der Waals surface area contributed by atoms with Gasteiger partial charge in [0, 0.05) is 24.1 Å². The van der Waals surface area contributed by atoms with E-state index in [4.69, 9.17) is 9.31 Å². The van der Waals surface area contributed by atoms with E-state index in [1.54, 1.807) is 23.3 Å². The maximum Gasteiger partial charge on any atom is 0.498 e. The van der Waals surface area contributed by atoms with Gasteiger partial charge in [0.25, 0.3) is 0 Å². The van der Waals surface area contributed by atoms with E-state index in [0.717, 1.165) is 11.2 Å². The van der Waals surface area contributed by atoms with Gasteiger partial charge >= 0.3 is 7.12 Å². The second-order valence-electron chi connectivity index (χ2n) is 6.33. The zero-order valence-corrected chi connectivity index (χ0v) is 13.0. The Morgan fingerprint density at radius 3 is 2.05 bits per heavy atom. The number of nitrogens with zero attached hydrogens (tertiary/aromatic N) is 4. The van der Waals surface area contributed by atoms with Gasteiger partial charge in [-0.1, -0.05) is 0 Å². The molecule has 0 bridgehead atoms. The average Bonchev–Trinajstić information content (AvgIpc) is 2.92. The fraction of sp³-hybridized carbons (Fsp3) is 0.500. The van der Waals surface area contributed by atoms with Crippen molar-refractivity contribution in [2.75, 3.05) is 0 Å². The highest BCUT2D eigenvalue weighted by Gasteiger charge is 2.51. The monoisotopic (exact) mass is 286 g/mol. The standard InChI is InChI=1S/C14H19BN4O2/c1-10-8-19(9-18-10)12-16-6-11(7-17-12)15-20-13(2,3)14(4,5)21-15/h6-9H,1-5H3. The van der Waals surface area contributed by atoms with E-state index in [1.807, 2.05) is 40.8 Å². The molecule has 1 aliphatic heterocycles. The first kappa shape index (κ1) is 14.2. The van der Waals surface area contributed by atoms with Gasteiger partial charge < -0.3 is 9.31 Å². The van der Waals surface area contributed by atoms with Gasteiger partial charge in [-0.05, 0) is 34.6 Å². The first-order valence-electron chi connectivity index (χ1n) is 6.97. The molecule has 0 saturated carbocycles. The van der Waals surface area contributed by atoms with Crippen LogP contribution in [0.3, 0.4) is 0 Å². The molecule has 2 aromatic heterocycles. The fourth-order valence-electron chi connectivity index (χ4n) is 2.10. The van der Waals surface area contributed by atoms with Gasteiger partial charge in [0.15, 0.2) is 0 Å². The number of rotatable bonds is 2. The Kier molecular flexibility index (Phi) is 3.14. The molecule has 0 aromatic carbocycles.